The van der Waals surface area contributed by atoms with Crippen molar-refractivity contribution in [3.05, 3.63) is 0 Å². The fourth-order valence-electron chi connectivity index (χ4n) is 0.438. The molecule has 50 valence electrons. The predicted molar refractivity (Wildman–Crippen MR) is 38.1 cm³/mol. The summed E-state index contributed by atoms with van der Waals surface area (Å²) in [5.41, 5.74) is 0. The standard InChI is InChI=1S/C5H13NOS/c1-6(8)4-3-5-7-2/h8H,3-5H2,1-2H3. The molecular formula is C5H13NOS. The SMILES string of the molecule is COCCCN(C)S. The molecule has 0 amide bonds. The van der Waals surface area contributed by atoms with Crippen LogP contribution in [-0.4, -0.2) is 31.6 Å². The molecule has 0 atom stereocenters. The molecule has 0 N–H and O–H groups in total. The van der Waals surface area contributed by atoms with E-state index in [2.05, 4.69) is 12.8 Å². The van der Waals surface area contributed by atoms with Crippen LogP contribution in [-0.2, 0) is 4.74 Å². The summed E-state index contributed by atoms with van der Waals surface area (Å²) in [7, 11) is 3.64. The lowest BCUT2D eigenvalue weighted by atomic mass is 10.5. The van der Waals surface area contributed by atoms with Crippen LogP contribution in [0, 0.1) is 0 Å². The molecule has 0 rings (SSSR count). The van der Waals surface area contributed by atoms with Crippen LogP contribution in [0.3, 0.4) is 0 Å². The normalized spacial score (nSPS) is 10.5. The fourth-order valence-corrected chi connectivity index (χ4v) is 0.579. The Labute approximate surface area is 56.4 Å². The molecule has 0 aromatic rings. The van der Waals surface area contributed by atoms with E-state index >= 15 is 0 Å². The maximum atomic E-state index is 4.83. The third-order valence-electron chi connectivity index (χ3n) is 0.830. The molecule has 0 spiro atoms. The first kappa shape index (κ1) is 8.27. The fraction of sp³-hybridized carbons (Fsp3) is 1.00. The van der Waals surface area contributed by atoms with Crippen LogP contribution in [0.5, 0.6) is 0 Å². The molecule has 0 aliphatic carbocycles. The summed E-state index contributed by atoms with van der Waals surface area (Å²) in [6.07, 6.45) is 1.05. The van der Waals surface area contributed by atoms with Crippen LogP contribution in [0.15, 0.2) is 0 Å². The molecule has 0 heterocycles. The minimum absolute atomic E-state index is 0.824. The van der Waals surface area contributed by atoms with Gasteiger partial charge in [-0.05, 0) is 13.5 Å². The molecule has 0 fully saturated rings. The van der Waals surface area contributed by atoms with E-state index in [9.17, 15) is 0 Å². The van der Waals surface area contributed by atoms with Gasteiger partial charge in [0.05, 0.1) is 0 Å². The molecule has 0 unspecified atom stereocenters. The van der Waals surface area contributed by atoms with Gasteiger partial charge in [0.2, 0.25) is 0 Å². The summed E-state index contributed by atoms with van der Waals surface area (Å²) in [6, 6.07) is 0. The minimum Gasteiger partial charge on any atom is -0.385 e. The lowest BCUT2D eigenvalue weighted by Crippen LogP contribution is -2.08. The molecule has 0 aromatic heterocycles. The second-order valence-electron chi connectivity index (χ2n) is 1.73. The summed E-state index contributed by atoms with van der Waals surface area (Å²) in [4.78, 5) is 0. The number of methoxy groups -OCH3 is 1. The molecule has 0 saturated heterocycles. The zero-order valence-electron chi connectivity index (χ0n) is 5.42. The highest BCUT2D eigenvalue weighted by Gasteiger charge is 1.87. The van der Waals surface area contributed by atoms with Gasteiger partial charge in [0, 0.05) is 20.3 Å². The van der Waals surface area contributed by atoms with Crippen LogP contribution in [0.2, 0.25) is 0 Å². The van der Waals surface area contributed by atoms with Crippen molar-refractivity contribution in [3.63, 3.8) is 0 Å². The second kappa shape index (κ2) is 5.41. The molecule has 3 heteroatoms. The van der Waals surface area contributed by atoms with Gasteiger partial charge in [-0.1, -0.05) is 12.8 Å². The lowest BCUT2D eigenvalue weighted by molar-refractivity contribution is 0.190. The average Bonchev–Trinajstić information content (AvgIpc) is 1.66. The number of thiol groups is 1. The van der Waals surface area contributed by atoms with E-state index in [0.29, 0.717) is 0 Å². The van der Waals surface area contributed by atoms with Gasteiger partial charge >= 0.3 is 0 Å². The Hall–Kier alpha value is 0.270. The average molecular weight is 135 g/mol. The van der Waals surface area contributed by atoms with Gasteiger partial charge in [-0.15, -0.1) is 0 Å². The van der Waals surface area contributed by atoms with Gasteiger partial charge in [0.1, 0.15) is 0 Å². The number of rotatable bonds is 4. The molecule has 0 aromatic carbocycles. The van der Waals surface area contributed by atoms with Crippen molar-refractivity contribution in [2.75, 3.05) is 27.3 Å². The molecule has 0 saturated carbocycles. The maximum Gasteiger partial charge on any atom is 0.0474 e. The Morgan fingerprint density at radius 1 is 1.62 bits per heavy atom. The summed E-state index contributed by atoms with van der Waals surface area (Å²) < 4.78 is 6.68. The van der Waals surface area contributed by atoms with E-state index in [4.69, 9.17) is 4.74 Å². The van der Waals surface area contributed by atoms with Crippen molar-refractivity contribution in [1.29, 1.82) is 0 Å². The van der Waals surface area contributed by atoms with Crippen LogP contribution in [0.4, 0.5) is 0 Å². The van der Waals surface area contributed by atoms with E-state index < -0.39 is 0 Å². The monoisotopic (exact) mass is 135 g/mol. The van der Waals surface area contributed by atoms with E-state index in [1.165, 1.54) is 0 Å². The number of hydrogen-bond donors (Lipinski definition) is 1. The van der Waals surface area contributed by atoms with Crippen molar-refractivity contribution >= 4 is 12.8 Å². The molecule has 0 bridgehead atoms. The van der Waals surface area contributed by atoms with Crippen molar-refractivity contribution in [2.45, 2.75) is 6.42 Å². The quantitative estimate of drug-likeness (QED) is 0.452. The van der Waals surface area contributed by atoms with Crippen molar-refractivity contribution in [3.8, 4) is 0 Å². The summed E-state index contributed by atoms with van der Waals surface area (Å²) in [5.74, 6) is 0. The Balaban J connectivity index is 2.72. The lowest BCUT2D eigenvalue weighted by Gasteiger charge is -2.05. The highest BCUT2D eigenvalue weighted by Crippen LogP contribution is 1.88. The van der Waals surface area contributed by atoms with Gasteiger partial charge in [0.25, 0.3) is 0 Å². The van der Waals surface area contributed by atoms with Gasteiger partial charge in [-0.25, -0.2) is 0 Å². The second-order valence-corrected chi connectivity index (χ2v) is 2.41. The Bertz CT molecular complexity index is 49.7. The number of nitrogens with zero attached hydrogens (tertiary/aromatic N) is 1. The molecule has 0 aliphatic rings. The van der Waals surface area contributed by atoms with Gasteiger partial charge in [-0.2, -0.15) is 0 Å². The van der Waals surface area contributed by atoms with E-state index in [1.54, 1.807) is 7.11 Å². The summed E-state index contributed by atoms with van der Waals surface area (Å²) in [6.45, 7) is 1.81. The van der Waals surface area contributed by atoms with Crippen molar-refractivity contribution in [2.24, 2.45) is 0 Å². The number of hydrogen-bond acceptors (Lipinski definition) is 3. The number of ether oxygens (including phenoxy) is 1. The van der Waals surface area contributed by atoms with Crippen LogP contribution in [0.1, 0.15) is 6.42 Å². The summed E-state index contributed by atoms with van der Waals surface area (Å²) in [5, 5.41) is 0. The first-order valence-corrected chi connectivity index (χ1v) is 3.06. The Kier molecular flexibility index (Phi) is 5.59. The first-order valence-electron chi connectivity index (χ1n) is 2.66. The third kappa shape index (κ3) is 6.27. The van der Waals surface area contributed by atoms with E-state index in [-0.39, 0.29) is 0 Å². The van der Waals surface area contributed by atoms with Crippen LogP contribution >= 0.6 is 12.8 Å². The molecule has 2 nitrogen and oxygen atoms in total. The molecule has 8 heavy (non-hydrogen) atoms. The third-order valence-corrected chi connectivity index (χ3v) is 1.03. The smallest absolute Gasteiger partial charge is 0.0474 e. The highest BCUT2D eigenvalue weighted by atomic mass is 32.1. The van der Waals surface area contributed by atoms with Crippen LogP contribution in [0.25, 0.3) is 0 Å². The van der Waals surface area contributed by atoms with Gasteiger partial charge < -0.3 is 4.74 Å². The van der Waals surface area contributed by atoms with Crippen molar-refractivity contribution < 1.29 is 4.74 Å². The van der Waals surface area contributed by atoms with E-state index in [1.807, 2.05) is 11.4 Å². The maximum absolute atomic E-state index is 4.83. The topological polar surface area (TPSA) is 12.5 Å². The highest BCUT2D eigenvalue weighted by molar-refractivity contribution is 7.77. The predicted octanol–water partition coefficient (Wildman–Crippen LogP) is 0.800. The zero-order chi connectivity index (χ0) is 6.41. The largest absolute Gasteiger partial charge is 0.385 e. The summed E-state index contributed by atoms with van der Waals surface area (Å²) >= 11 is 4.05. The Morgan fingerprint density at radius 3 is 2.62 bits per heavy atom. The van der Waals surface area contributed by atoms with Crippen molar-refractivity contribution in [1.82, 2.24) is 4.31 Å². The Morgan fingerprint density at radius 2 is 2.25 bits per heavy atom. The molecule has 0 aliphatic heterocycles. The first-order chi connectivity index (χ1) is 3.77. The molecular weight excluding hydrogens is 122 g/mol. The van der Waals surface area contributed by atoms with Crippen LogP contribution < -0.4 is 0 Å². The van der Waals surface area contributed by atoms with Gasteiger partial charge in [-0.3, -0.25) is 4.31 Å². The minimum atomic E-state index is 0.824. The molecule has 0 radical (unpaired) electrons. The van der Waals surface area contributed by atoms with E-state index in [0.717, 1.165) is 19.6 Å². The zero-order valence-corrected chi connectivity index (χ0v) is 6.32. The van der Waals surface area contributed by atoms with Gasteiger partial charge in [0.15, 0.2) is 0 Å².